The van der Waals surface area contributed by atoms with E-state index < -0.39 is 0 Å². The summed E-state index contributed by atoms with van der Waals surface area (Å²) in [5.74, 6) is 0.937. The standard InChI is InChI=1S/C16H19NO4.ClH.H2O/c1-11-8-13(18)16-14(19)9-12(10-15(16)21-11)20-7-6-17-4-2-3-5-17;;/h8-10,19H,2-7H2,1H3;1H;1H2. The average Bonchev–Trinajstić information content (AvgIpc) is 2.90. The molecule has 23 heavy (non-hydrogen) atoms. The predicted octanol–water partition coefficient (Wildman–Crippen LogP) is 1.88. The van der Waals surface area contributed by atoms with E-state index in [1.54, 1.807) is 13.0 Å². The molecule has 1 aliphatic heterocycles. The Kier molecular flexibility index (Phi) is 6.87. The highest BCUT2D eigenvalue weighted by molar-refractivity contribution is 5.85. The third-order valence-electron chi connectivity index (χ3n) is 3.78. The van der Waals surface area contributed by atoms with Gasteiger partial charge >= 0.3 is 0 Å². The van der Waals surface area contributed by atoms with Crippen LogP contribution in [0.3, 0.4) is 0 Å². The van der Waals surface area contributed by atoms with Gasteiger partial charge in [0, 0.05) is 24.7 Å². The minimum absolute atomic E-state index is 0. The molecule has 3 N–H and O–H groups in total. The Morgan fingerprint density at radius 2 is 1.96 bits per heavy atom. The van der Waals surface area contributed by atoms with Gasteiger partial charge in [0.15, 0.2) is 5.43 Å². The number of fused-ring (bicyclic) bond motifs is 1. The third kappa shape index (κ3) is 4.37. The summed E-state index contributed by atoms with van der Waals surface area (Å²) in [5.41, 5.74) is 0.117. The molecule has 0 radical (unpaired) electrons. The summed E-state index contributed by atoms with van der Waals surface area (Å²) >= 11 is 0. The van der Waals surface area contributed by atoms with Crippen LogP contribution in [0.15, 0.2) is 27.4 Å². The van der Waals surface area contributed by atoms with Crippen molar-refractivity contribution in [2.45, 2.75) is 19.8 Å². The zero-order chi connectivity index (χ0) is 14.8. The van der Waals surface area contributed by atoms with Gasteiger partial charge in [-0.25, -0.2) is 0 Å². The minimum atomic E-state index is -0.241. The number of benzene rings is 1. The van der Waals surface area contributed by atoms with E-state index in [9.17, 15) is 9.90 Å². The van der Waals surface area contributed by atoms with Crippen LogP contribution >= 0.6 is 12.4 Å². The molecule has 0 spiro atoms. The number of aryl methyl sites for hydroxylation is 1. The van der Waals surface area contributed by atoms with E-state index in [0.29, 0.717) is 23.7 Å². The van der Waals surface area contributed by atoms with Crippen molar-refractivity contribution in [3.63, 3.8) is 0 Å². The summed E-state index contributed by atoms with van der Waals surface area (Å²) < 4.78 is 11.2. The first kappa shape index (κ1) is 19.3. The van der Waals surface area contributed by atoms with Crippen LogP contribution in [0.1, 0.15) is 18.6 Å². The van der Waals surface area contributed by atoms with Gasteiger partial charge in [-0.05, 0) is 32.9 Å². The fourth-order valence-electron chi connectivity index (χ4n) is 2.75. The number of rotatable bonds is 4. The van der Waals surface area contributed by atoms with Crippen molar-refractivity contribution < 1.29 is 19.7 Å². The lowest BCUT2D eigenvalue weighted by Gasteiger charge is -2.15. The number of ether oxygens (including phenoxy) is 1. The van der Waals surface area contributed by atoms with Crippen LogP contribution < -0.4 is 10.2 Å². The number of phenols is 1. The van der Waals surface area contributed by atoms with Crippen LogP contribution in [0.2, 0.25) is 0 Å². The zero-order valence-corrected chi connectivity index (χ0v) is 13.8. The first-order valence-corrected chi connectivity index (χ1v) is 7.26. The molecule has 2 heterocycles. The molecule has 0 unspecified atom stereocenters. The number of halogens is 1. The van der Waals surface area contributed by atoms with Gasteiger partial charge in [0.25, 0.3) is 0 Å². The Morgan fingerprint density at radius 1 is 1.26 bits per heavy atom. The van der Waals surface area contributed by atoms with Gasteiger partial charge in [-0.15, -0.1) is 12.4 Å². The fourth-order valence-corrected chi connectivity index (χ4v) is 2.75. The Balaban J connectivity index is 0.00000132. The summed E-state index contributed by atoms with van der Waals surface area (Å²) in [4.78, 5) is 14.2. The third-order valence-corrected chi connectivity index (χ3v) is 3.78. The molecule has 0 aliphatic carbocycles. The van der Waals surface area contributed by atoms with Crippen LogP contribution in [-0.4, -0.2) is 41.7 Å². The van der Waals surface area contributed by atoms with Crippen molar-refractivity contribution in [3.05, 3.63) is 34.2 Å². The van der Waals surface area contributed by atoms with Crippen molar-refractivity contribution >= 4 is 23.4 Å². The van der Waals surface area contributed by atoms with E-state index in [0.717, 1.165) is 19.6 Å². The topological polar surface area (TPSA) is 94.4 Å². The first-order chi connectivity index (χ1) is 10.1. The van der Waals surface area contributed by atoms with Crippen molar-refractivity contribution in [2.75, 3.05) is 26.2 Å². The van der Waals surface area contributed by atoms with Crippen molar-refractivity contribution in [1.29, 1.82) is 0 Å². The zero-order valence-electron chi connectivity index (χ0n) is 13.0. The molecule has 1 saturated heterocycles. The molecule has 0 amide bonds. The second-order valence-electron chi connectivity index (χ2n) is 5.43. The van der Waals surface area contributed by atoms with Crippen LogP contribution in [0.25, 0.3) is 11.0 Å². The molecule has 0 bridgehead atoms. The van der Waals surface area contributed by atoms with E-state index >= 15 is 0 Å². The molecule has 3 rings (SSSR count). The summed E-state index contributed by atoms with van der Waals surface area (Å²) in [6.45, 7) is 5.39. The van der Waals surface area contributed by atoms with Crippen molar-refractivity contribution in [3.8, 4) is 11.5 Å². The van der Waals surface area contributed by atoms with Gasteiger partial charge in [-0.3, -0.25) is 9.69 Å². The molecule has 7 heteroatoms. The second kappa shape index (κ2) is 8.19. The summed E-state index contributed by atoms with van der Waals surface area (Å²) in [6.07, 6.45) is 2.50. The number of hydrogen-bond acceptors (Lipinski definition) is 5. The minimum Gasteiger partial charge on any atom is -0.507 e. The fraction of sp³-hybridized carbons (Fsp3) is 0.438. The molecule has 0 atom stereocenters. The van der Waals surface area contributed by atoms with E-state index in [4.69, 9.17) is 9.15 Å². The highest BCUT2D eigenvalue weighted by Gasteiger charge is 2.13. The monoisotopic (exact) mass is 343 g/mol. The first-order valence-electron chi connectivity index (χ1n) is 7.26. The highest BCUT2D eigenvalue weighted by Crippen LogP contribution is 2.28. The Bertz CT molecular complexity index is 709. The van der Waals surface area contributed by atoms with Gasteiger partial charge in [0.05, 0.1) is 0 Å². The number of aromatic hydroxyl groups is 1. The van der Waals surface area contributed by atoms with E-state index in [-0.39, 0.29) is 34.4 Å². The molecule has 1 aromatic heterocycles. The molecule has 128 valence electrons. The van der Waals surface area contributed by atoms with E-state index in [2.05, 4.69) is 4.90 Å². The lowest BCUT2D eigenvalue weighted by atomic mass is 10.2. The van der Waals surface area contributed by atoms with Crippen LogP contribution in [0, 0.1) is 6.92 Å². The molecule has 0 saturated carbocycles. The Morgan fingerprint density at radius 3 is 2.65 bits per heavy atom. The number of hydrogen-bond donors (Lipinski definition) is 1. The van der Waals surface area contributed by atoms with E-state index in [1.165, 1.54) is 25.0 Å². The lowest BCUT2D eigenvalue weighted by molar-refractivity contribution is 0.237. The maximum atomic E-state index is 11.9. The highest BCUT2D eigenvalue weighted by atomic mass is 35.5. The largest absolute Gasteiger partial charge is 0.507 e. The summed E-state index contributed by atoms with van der Waals surface area (Å²) in [7, 11) is 0. The maximum Gasteiger partial charge on any atom is 0.196 e. The molecule has 1 aliphatic rings. The number of nitrogens with zero attached hydrogens (tertiary/aromatic N) is 1. The van der Waals surface area contributed by atoms with Gasteiger partial charge in [0.2, 0.25) is 0 Å². The summed E-state index contributed by atoms with van der Waals surface area (Å²) in [6, 6.07) is 4.50. The predicted molar refractivity (Wildman–Crippen MR) is 90.9 cm³/mol. The Hall–Kier alpha value is -1.76. The van der Waals surface area contributed by atoms with Gasteiger partial charge in [-0.1, -0.05) is 0 Å². The molecular formula is C16H22ClNO5. The summed E-state index contributed by atoms with van der Waals surface area (Å²) in [5, 5.41) is 10.2. The molecule has 2 aromatic rings. The average molecular weight is 344 g/mol. The molecule has 6 nitrogen and oxygen atoms in total. The van der Waals surface area contributed by atoms with Crippen molar-refractivity contribution in [1.82, 2.24) is 4.90 Å². The van der Waals surface area contributed by atoms with Gasteiger partial charge in [-0.2, -0.15) is 0 Å². The maximum absolute atomic E-state index is 11.9. The number of likely N-dealkylation sites (tertiary alicyclic amines) is 1. The van der Waals surface area contributed by atoms with Gasteiger partial charge in [0.1, 0.15) is 34.8 Å². The number of phenolic OH excluding ortho intramolecular Hbond substituents is 1. The normalized spacial score (nSPS) is 14.3. The quantitative estimate of drug-likeness (QED) is 0.914. The second-order valence-corrected chi connectivity index (χ2v) is 5.43. The Labute approximate surface area is 140 Å². The van der Waals surface area contributed by atoms with E-state index in [1.807, 2.05) is 0 Å². The van der Waals surface area contributed by atoms with Gasteiger partial charge < -0.3 is 19.7 Å². The molecule has 1 aromatic carbocycles. The van der Waals surface area contributed by atoms with Crippen LogP contribution in [0.4, 0.5) is 0 Å². The van der Waals surface area contributed by atoms with Crippen LogP contribution in [0.5, 0.6) is 11.5 Å². The SMILES string of the molecule is Cc1cc(=O)c2c(O)cc(OCCN3CCCC3)cc2o1.Cl.O. The molecule has 1 fully saturated rings. The van der Waals surface area contributed by atoms with Crippen molar-refractivity contribution in [2.24, 2.45) is 0 Å². The smallest absolute Gasteiger partial charge is 0.196 e. The van der Waals surface area contributed by atoms with Crippen LogP contribution in [-0.2, 0) is 0 Å². The molecular weight excluding hydrogens is 322 g/mol. The lowest BCUT2D eigenvalue weighted by Crippen LogP contribution is -2.25.